The lowest BCUT2D eigenvalue weighted by atomic mass is 9.95. The first kappa shape index (κ1) is 16.6. The van der Waals surface area contributed by atoms with Gasteiger partial charge in [-0.05, 0) is 12.1 Å². The molecule has 1 heterocycles. The molecule has 0 saturated carbocycles. The van der Waals surface area contributed by atoms with Crippen LogP contribution < -0.4 is 14.8 Å². The number of aliphatic hydroxyl groups is 1. The molecule has 2 aromatic carbocycles. The SMILES string of the molecule is COc1ccc([C@H]2NC(=O)C(=O)/C2=C(/O)c2ccccc2)c(OC)c1. The Morgan fingerprint density at radius 1 is 1.04 bits per heavy atom. The van der Waals surface area contributed by atoms with Crippen LogP contribution in [0.1, 0.15) is 17.2 Å². The Kier molecular flexibility index (Phi) is 4.43. The number of nitrogens with one attached hydrogen (secondary N) is 1. The van der Waals surface area contributed by atoms with E-state index in [2.05, 4.69) is 5.32 Å². The van der Waals surface area contributed by atoms with Crippen molar-refractivity contribution >= 4 is 17.4 Å². The number of hydrogen-bond donors (Lipinski definition) is 2. The van der Waals surface area contributed by atoms with Gasteiger partial charge >= 0.3 is 0 Å². The highest BCUT2D eigenvalue weighted by Gasteiger charge is 2.40. The number of ketones is 1. The predicted octanol–water partition coefficient (Wildman–Crippen LogP) is 2.41. The molecule has 3 rings (SSSR count). The molecule has 1 aliphatic rings. The van der Waals surface area contributed by atoms with Crippen molar-refractivity contribution < 1.29 is 24.2 Å². The van der Waals surface area contributed by atoms with E-state index in [0.29, 0.717) is 22.6 Å². The lowest BCUT2D eigenvalue weighted by molar-refractivity contribution is -0.133. The van der Waals surface area contributed by atoms with Crippen LogP contribution in [-0.4, -0.2) is 31.0 Å². The van der Waals surface area contributed by atoms with Crippen LogP contribution in [0.2, 0.25) is 0 Å². The maximum atomic E-state index is 12.3. The maximum Gasteiger partial charge on any atom is 0.293 e. The number of carbonyl (C=O) groups excluding carboxylic acids is 2. The fraction of sp³-hybridized carbons (Fsp3) is 0.158. The second-order valence-electron chi connectivity index (χ2n) is 5.47. The summed E-state index contributed by atoms with van der Waals surface area (Å²) in [4.78, 5) is 24.3. The van der Waals surface area contributed by atoms with Gasteiger partial charge < -0.3 is 19.9 Å². The summed E-state index contributed by atoms with van der Waals surface area (Å²) in [6, 6.07) is 12.9. The van der Waals surface area contributed by atoms with Crippen LogP contribution in [0.4, 0.5) is 0 Å². The van der Waals surface area contributed by atoms with Crippen molar-refractivity contribution in [3.63, 3.8) is 0 Å². The fourth-order valence-corrected chi connectivity index (χ4v) is 2.81. The number of ether oxygens (including phenoxy) is 2. The summed E-state index contributed by atoms with van der Waals surface area (Å²) in [7, 11) is 3.01. The van der Waals surface area contributed by atoms with Gasteiger partial charge in [0.25, 0.3) is 11.7 Å². The zero-order valence-electron chi connectivity index (χ0n) is 13.8. The molecule has 0 aromatic heterocycles. The van der Waals surface area contributed by atoms with E-state index in [1.54, 1.807) is 48.5 Å². The lowest BCUT2D eigenvalue weighted by Gasteiger charge is -2.17. The second kappa shape index (κ2) is 6.68. The van der Waals surface area contributed by atoms with Gasteiger partial charge in [-0.1, -0.05) is 30.3 Å². The summed E-state index contributed by atoms with van der Waals surface area (Å²) in [6.45, 7) is 0. The molecule has 6 nitrogen and oxygen atoms in total. The number of methoxy groups -OCH3 is 2. The molecular weight excluding hydrogens is 322 g/mol. The number of Topliss-reactive ketones (excluding diaryl/α,β-unsaturated/α-hetero) is 1. The predicted molar refractivity (Wildman–Crippen MR) is 91.4 cm³/mol. The lowest BCUT2D eigenvalue weighted by Crippen LogP contribution is -2.21. The molecule has 0 aliphatic carbocycles. The standard InChI is InChI=1S/C19H17NO5/c1-24-12-8-9-13(14(10-12)25-2)16-15(18(22)19(23)20-16)17(21)11-6-4-3-5-7-11/h3-10,16,21H,1-2H3,(H,20,23)/b17-15+/t16-/m1/s1. The van der Waals surface area contributed by atoms with Crippen molar-refractivity contribution in [2.75, 3.05) is 14.2 Å². The molecular formula is C19H17NO5. The molecule has 128 valence electrons. The van der Waals surface area contributed by atoms with Crippen LogP contribution in [0.25, 0.3) is 5.76 Å². The van der Waals surface area contributed by atoms with Crippen LogP contribution in [0, 0.1) is 0 Å². The highest BCUT2D eigenvalue weighted by molar-refractivity contribution is 6.46. The molecule has 0 unspecified atom stereocenters. The number of amides is 1. The topological polar surface area (TPSA) is 84.9 Å². The van der Waals surface area contributed by atoms with Crippen molar-refractivity contribution in [3.05, 3.63) is 65.2 Å². The average molecular weight is 339 g/mol. The van der Waals surface area contributed by atoms with E-state index in [0.717, 1.165) is 0 Å². The Morgan fingerprint density at radius 3 is 2.40 bits per heavy atom. The van der Waals surface area contributed by atoms with E-state index in [1.807, 2.05) is 0 Å². The maximum absolute atomic E-state index is 12.3. The third kappa shape index (κ3) is 2.94. The zero-order chi connectivity index (χ0) is 18.0. The van der Waals surface area contributed by atoms with E-state index in [1.165, 1.54) is 14.2 Å². The summed E-state index contributed by atoms with van der Waals surface area (Å²) >= 11 is 0. The van der Waals surface area contributed by atoms with Crippen LogP contribution in [-0.2, 0) is 9.59 Å². The van der Waals surface area contributed by atoms with Crippen LogP contribution >= 0.6 is 0 Å². The Balaban J connectivity index is 2.15. The molecule has 0 spiro atoms. The normalized spacial score (nSPS) is 18.7. The number of aliphatic hydroxyl groups excluding tert-OH is 1. The quantitative estimate of drug-likeness (QED) is 0.508. The summed E-state index contributed by atoms with van der Waals surface area (Å²) in [5, 5.41) is 13.2. The Hall–Kier alpha value is -3.28. The first-order valence-electron chi connectivity index (χ1n) is 7.62. The Morgan fingerprint density at radius 2 is 1.76 bits per heavy atom. The van der Waals surface area contributed by atoms with Gasteiger partial charge in [-0.2, -0.15) is 0 Å². The van der Waals surface area contributed by atoms with Gasteiger partial charge in [-0.25, -0.2) is 0 Å². The molecule has 1 aliphatic heterocycles. The highest BCUT2D eigenvalue weighted by atomic mass is 16.5. The molecule has 6 heteroatoms. The minimum atomic E-state index is -0.805. The van der Waals surface area contributed by atoms with Crippen molar-refractivity contribution in [1.82, 2.24) is 5.32 Å². The van der Waals surface area contributed by atoms with Crippen molar-refractivity contribution in [1.29, 1.82) is 0 Å². The first-order valence-corrected chi connectivity index (χ1v) is 7.62. The second-order valence-corrected chi connectivity index (χ2v) is 5.47. The molecule has 25 heavy (non-hydrogen) atoms. The average Bonchev–Trinajstić information content (AvgIpc) is 2.95. The van der Waals surface area contributed by atoms with Gasteiger partial charge in [0.1, 0.15) is 17.3 Å². The molecule has 1 saturated heterocycles. The summed E-state index contributed by atoms with van der Waals surface area (Å²) in [5.74, 6) is -0.733. The van der Waals surface area contributed by atoms with Gasteiger partial charge in [-0.3, -0.25) is 9.59 Å². The van der Waals surface area contributed by atoms with Gasteiger partial charge in [0.05, 0.1) is 25.8 Å². The van der Waals surface area contributed by atoms with Crippen molar-refractivity contribution in [3.8, 4) is 11.5 Å². The number of carbonyl (C=O) groups is 2. The largest absolute Gasteiger partial charge is 0.507 e. The van der Waals surface area contributed by atoms with E-state index in [9.17, 15) is 14.7 Å². The van der Waals surface area contributed by atoms with E-state index >= 15 is 0 Å². The Bertz CT molecular complexity index is 857. The molecule has 1 amide bonds. The minimum Gasteiger partial charge on any atom is -0.507 e. The van der Waals surface area contributed by atoms with E-state index < -0.39 is 17.7 Å². The summed E-state index contributed by atoms with van der Waals surface area (Å²) in [6.07, 6.45) is 0. The molecule has 0 radical (unpaired) electrons. The summed E-state index contributed by atoms with van der Waals surface area (Å²) in [5.41, 5.74) is 1.01. The minimum absolute atomic E-state index is 0.000308. The van der Waals surface area contributed by atoms with Crippen LogP contribution in [0.3, 0.4) is 0 Å². The summed E-state index contributed by atoms with van der Waals surface area (Å²) < 4.78 is 10.5. The molecule has 2 aromatic rings. The zero-order valence-corrected chi connectivity index (χ0v) is 13.8. The number of benzene rings is 2. The van der Waals surface area contributed by atoms with Gasteiger partial charge in [0, 0.05) is 17.2 Å². The number of hydrogen-bond acceptors (Lipinski definition) is 5. The van der Waals surface area contributed by atoms with E-state index in [-0.39, 0.29) is 11.3 Å². The monoisotopic (exact) mass is 339 g/mol. The van der Waals surface area contributed by atoms with E-state index in [4.69, 9.17) is 9.47 Å². The van der Waals surface area contributed by atoms with Crippen molar-refractivity contribution in [2.45, 2.75) is 6.04 Å². The first-order chi connectivity index (χ1) is 12.1. The van der Waals surface area contributed by atoms with Crippen LogP contribution in [0.15, 0.2) is 54.1 Å². The van der Waals surface area contributed by atoms with Crippen molar-refractivity contribution in [2.24, 2.45) is 0 Å². The molecule has 1 fully saturated rings. The van der Waals surface area contributed by atoms with Gasteiger partial charge in [0.15, 0.2) is 0 Å². The Labute approximate surface area is 144 Å². The fourth-order valence-electron chi connectivity index (χ4n) is 2.81. The van der Waals surface area contributed by atoms with Gasteiger partial charge in [-0.15, -0.1) is 0 Å². The molecule has 1 atom stereocenters. The molecule has 0 bridgehead atoms. The smallest absolute Gasteiger partial charge is 0.293 e. The third-order valence-corrected chi connectivity index (χ3v) is 4.07. The third-order valence-electron chi connectivity index (χ3n) is 4.07. The number of rotatable bonds is 4. The highest BCUT2D eigenvalue weighted by Crippen LogP contribution is 2.38. The van der Waals surface area contributed by atoms with Crippen LogP contribution in [0.5, 0.6) is 11.5 Å². The van der Waals surface area contributed by atoms with Gasteiger partial charge in [0.2, 0.25) is 0 Å². The molecule has 2 N–H and O–H groups in total.